The van der Waals surface area contributed by atoms with Crippen LogP contribution in [-0.4, -0.2) is 9.78 Å². The quantitative estimate of drug-likeness (QED) is 0.772. The average molecular weight is 306 g/mol. The Morgan fingerprint density at radius 2 is 1.95 bits per heavy atom. The summed E-state index contributed by atoms with van der Waals surface area (Å²) in [5.74, 6) is 0. The SMILES string of the molecule is Cn1cc2cc(NCc3ccc(Cl)c(Cl)c3)ccc2n1. The first kappa shape index (κ1) is 13.3. The van der Waals surface area contributed by atoms with Crippen LogP contribution in [0.15, 0.2) is 42.6 Å². The van der Waals surface area contributed by atoms with E-state index in [4.69, 9.17) is 23.2 Å². The fourth-order valence-electron chi connectivity index (χ4n) is 2.11. The number of anilines is 1. The Labute approximate surface area is 127 Å². The molecule has 0 saturated carbocycles. The van der Waals surface area contributed by atoms with E-state index in [1.807, 2.05) is 48.3 Å². The lowest BCUT2D eigenvalue weighted by atomic mass is 10.2. The summed E-state index contributed by atoms with van der Waals surface area (Å²) in [4.78, 5) is 0. The van der Waals surface area contributed by atoms with Crippen molar-refractivity contribution in [2.24, 2.45) is 7.05 Å². The molecule has 0 aliphatic carbocycles. The van der Waals surface area contributed by atoms with Gasteiger partial charge in [0.25, 0.3) is 0 Å². The van der Waals surface area contributed by atoms with E-state index in [1.54, 1.807) is 0 Å². The molecule has 102 valence electrons. The molecule has 3 nitrogen and oxygen atoms in total. The summed E-state index contributed by atoms with van der Waals surface area (Å²) in [6, 6.07) is 11.8. The number of aromatic nitrogens is 2. The molecule has 0 saturated heterocycles. The summed E-state index contributed by atoms with van der Waals surface area (Å²) in [6.45, 7) is 0.697. The minimum absolute atomic E-state index is 0.576. The predicted octanol–water partition coefficient (Wildman–Crippen LogP) is 4.49. The Hall–Kier alpha value is -1.71. The molecule has 2 aromatic carbocycles. The molecule has 0 atom stereocenters. The number of fused-ring (bicyclic) bond motifs is 1. The fourth-order valence-corrected chi connectivity index (χ4v) is 2.43. The molecule has 0 aliphatic heterocycles. The van der Waals surface area contributed by atoms with Gasteiger partial charge in [0, 0.05) is 30.9 Å². The molecular formula is C15H13Cl2N3. The zero-order valence-electron chi connectivity index (χ0n) is 10.9. The highest BCUT2D eigenvalue weighted by Crippen LogP contribution is 2.23. The van der Waals surface area contributed by atoms with Crippen LogP contribution < -0.4 is 5.32 Å². The number of rotatable bonds is 3. The third-order valence-electron chi connectivity index (χ3n) is 3.10. The minimum Gasteiger partial charge on any atom is -0.381 e. The summed E-state index contributed by atoms with van der Waals surface area (Å²) >= 11 is 11.9. The van der Waals surface area contributed by atoms with Gasteiger partial charge < -0.3 is 5.32 Å². The van der Waals surface area contributed by atoms with Gasteiger partial charge in [0.1, 0.15) is 0 Å². The van der Waals surface area contributed by atoms with Crippen LogP contribution >= 0.6 is 23.2 Å². The maximum atomic E-state index is 6.01. The second-order valence-corrected chi connectivity index (χ2v) is 5.49. The molecule has 1 heterocycles. The zero-order chi connectivity index (χ0) is 14.1. The lowest BCUT2D eigenvalue weighted by Gasteiger charge is -2.07. The van der Waals surface area contributed by atoms with Gasteiger partial charge in [-0.05, 0) is 35.9 Å². The normalized spacial score (nSPS) is 10.9. The minimum atomic E-state index is 0.576. The van der Waals surface area contributed by atoms with Crippen LogP contribution in [0, 0.1) is 0 Å². The molecule has 1 aromatic heterocycles. The van der Waals surface area contributed by atoms with Crippen molar-refractivity contribution >= 4 is 39.8 Å². The van der Waals surface area contributed by atoms with Gasteiger partial charge in [0.2, 0.25) is 0 Å². The Morgan fingerprint density at radius 3 is 2.75 bits per heavy atom. The second kappa shape index (κ2) is 5.35. The number of halogens is 2. The monoisotopic (exact) mass is 305 g/mol. The van der Waals surface area contributed by atoms with Crippen molar-refractivity contribution < 1.29 is 0 Å². The average Bonchev–Trinajstić information content (AvgIpc) is 2.79. The summed E-state index contributed by atoms with van der Waals surface area (Å²) < 4.78 is 1.81. The van der Waals surface area contributed by atoms with Crippen LogP contribution in [-0.2, 0) is 13.6 Å². The van der Waals surface area contributed by atoms with E-state index in [9.17, 15) is 0 Å². The van der Waals surface area contributed by atoms with Crippen molar-refractivity contribution in [3.63, 3.8) is 0 Å². The highest BCUT2D eigenvalue weighted by Gasteiger charge is 2.02. The number of nitrogens with one attached hydrogen (secondary N) is 1. The molecule has 3 rings (SSSR count). The van der Waals surface area contributed by atoms with E-state index < -0.39 is 0 Å². The molecule has 0 spiro atoms. The smallest absolute Gasteiger partial charge is 0.0924 e. The first-order valence-electron chi connectivity index (χ1n) is 6.23. The second-order valence-electron chi connectivity index (χ2n) is 4.68. The van der Waals surface area contributed by atoms with Crippen molar-refractivity contribution in [1.82, 2.24) is 9.78 Å². The maximum absolute atomic E-state index is 6.01. The highest BCUT2D eigenvalue weighted by molar-refractivity contribution is 6.42. The van der Waals surface area contributed by atoms with Crippen LogP contribution in [0.5, 0.6) is 0 Å². The first-order chi connectivity index (χ1) is 9.61. The summed E-state index contributed by atoms with van der Waals surface area (Å²) in [6.07, 6.45) is 2.00. The maximum Gasteiger partial charge on any atom is 0.0924 e. The standard InChI is InChI=1S/C15H13Cl2N3/c1-20-9-11-7-12(3-5-15(11)19-20)18-8-10-2-4-13(16)14(17)6-10/h2-7,9,18H,8H2,1H3. The molecule has 0 unspecified atom stereocenters. The van der Waals surface area contributed by atoms with Gasteiger partial charge in [-0.1, -0.05) is 29.3 Å². The van der Waals surface area contributed by atoms with Crippen molar-refractivity contribution in [2.75, 3.05) is 5.32 Å². The number of hydrogen-bond acceptors (Lipinski definition) is 2. The van der Waals surface area contributed by atoms with Gasteiger partial charge in [0.05, 0.1) is 15.6 Å². The number of hydrogen-bond donors (Lipinski definition) is 1. The third-order valence-corrected chi connectivity index (χ3v) is 3.84. The first-order valence-corrected chi connectivity index (χ1v) is 6.98. The molecule has 0 fully saturated rings. The van der Waals surface area contributed by atoms with Gasteiger partial charge in [-0.15, -0.1) is 0 Å². The Balaban J connectivity index is 1.77. The molecule has 0 amide bonds. The van der Waals surface area contributed by atoms with Gasteiger partial charge >= 0.3 is 0 Å². The van der Waals surface area contributed by atoms with Gasteiger partial charge in [-0.25, -0.2) is 0 Å². The van der Waals surface area contributed by atoms with Crippen molar-refractivity contribution in [2.45, 2.75) is 6.54 Å². The van der Waals surface area contributed by atoms with E-state index in [2.05, 4.69) is 16.5 Å². The summed E-state index contributed by atoms with van der Waals surface area (Å²) in [7, 11) is 1.92. The summed E-state index contributed by atoms with van der Waals surface area (Å²) in [5.41, 5.74) is 3.13. The largest absolute Gasteiger partial charge is 0.381 e. The Kier molecular flexibility index (Phi) is 3.55. The Bertz CT molecular complexity index is 765. The van der Waals surface area contributed by atoms with Crippen LogP contribution in [0.4, 0.5) is 5.69 Å². The van der Waals surface area contributed by atoms with Crippen LogP contribution in [0.1, 0.15) is 5.56 Å². The lowest BCUT2D eigenvalue weighted by molar-refractivity contribution is 0.780. The summed E-state index contributed by atoms with van der Waals surface area (Å²) in [5, 5.41) is 9.99. The van der Waals surface area contributed by atoms with Crippen LogP contribution in [0.25, 0.3) is 10.9 Å². The van der Waals surface area contributed by atoms with Crippen LogP contribution in [0.3, 0.4) is 0 Å². The molecule has 0 aliphatic rings. The van der Waals surface area contributed by atoms with E-state index in [0.717, 1.165) is 22.2 Å². The van der Waals surface area contributed by atoms with Crippen molar-refractivity contribution in [1.29, 1.82) is 0 Å². The predicted molar refractivity (Wildman–Crippen MR) is 84.5 cm³/mol. The lowest BCUT2D eigenvalue weighted by Crippen LogP contribution is -1.99. The van der Waals surface area contributed by atoms with Gasteiger partial charge in [-0.3, -0.25) is 4.68 Å². The molecule has 1 N–H and O–H groups in total. The number of benzene rings is 2. The van der Waals surface area contributed by atoms with E-state index >= 15 is 0 Å². The molecular weight excluding hydrogens is 293 g/mol. The highest BCUT2D eigenvalue weighted by atomic mass is 35.5. The van der Waals surface area contributed by atoms with Gasteiger partial charge in [-0.2, -0.15) is 5.10 Å². The third kappa shape index (κ3) is 2.74. The zero-order valence-corrected chi connectivity index (χ0v) is 12.4. The molecule has 3 aromatic rings. The van der Waals surface area contributed by atoms with Crippen LogP contribution in [0.2, 0.25) is 10.0 Å². The van der Waals surface area contributed by atoms with Gasteiger partial charge in [0.15, 0.2) is 0 Å². The fraction of sp³-hybridized carbons (Fsp3) is 0.133. The van der Waals surface area contributed by atoms with E-state index in [-0.39, 0.29) is 0 Å². The van der Waals surface area contributed by atoms with Crippen molar-refractivity contribution in [3.05, 3.63) is 58.2 Å². The Morgan fingerprint density at radius 1 is 1.10 bits per heavy atom. The molecule has 5 heteroatoms. The topological polar surface area (TPSA) is 29.9 Å². The molecule has 0 radical (unpaired) electrons. The van der Waals surface area contributed by atoms with Crippen molar-refractivity contribution in [3.8, 4) is 0 Å². The molecule has 0 bridgehead atoms. The number of aryl methyl sites for hydroxylation is 1. The molecule has 20 heavy (non-hydrogen) atoms. The van der Waals surface area contributed by atoms with E-state index in [1.165, 1.54) is 0 Å². The van der Waals surface area contributed by atoms with E-state index in [0.29, 0.717) is 16.6 Å². The number of nitrogens with zero attached hydrogens (tertiary/aromatic N) is 2.